The number of piperazine rings is 1. The lowest BCUT2D eigenvalue weighted by molar-refractivity contribution is -0.136. The monoisotopic (exact) mass is 428 g/mol. The zero-order chi connectivity index (χ0) is 21.5. The van der Waals surface area contributed by atoms with Gasteiger partial charge in [0.15, 0.2) is 0 Å². The van der Waals surface area contributed by atoms with Gasteiger partial charge >= 0.3 is 0 Å². The van der Waals surface area contributed by atoms with Gasteiger partial charge in [-0.05, 0) is 50.5 Å². The molecule has 6 nitrogen and oxygen atoms in total. The predicted molar refractivity (Wildman–Crippen MR) is 124 cm³/mol. The number of nitrogens with zero attached hydrogens (tertiary/aromatic N) is 4. The fraction of sp³-hybridized carbons (Fsp3) is 0.720. The minimum Gasteiger partial charge on any atom is -0.378 e. The van der Waals surface area contributed by atoms with Gasteiger partial charge in [0.05, 0.1) is 12.6 Å². The number of likely N-dealkylation sites (tertiary alicyclic amines) is 1. The SMILES string of the molecule is CCOC1CCN(C(=O)CN2CCN(N3CCC(Cc4ccccc4)CC3)CC2)CC1. The summed E-state index contributed by atoms with van der Waals surface area (Å²) < 4.78 is 5.71. The molecule has 3 aliphatic heterocycles. The quantitative estimate of drug-likeness (QED) is 0.667. The smallest absolute Gasteiger partial charge is 0.236 e. The van der Waals surface area contributed by atoms with Crippen LogP contribution in [0.2, 0.25) is 0 Å². The molecule has 0 bridgehead atoms. The molecular formula is C25H40N4O2. The first-order valence-electron chi connectivity index (χ1n) is 12.4. The van der Waals surface area contributed by atoms with Gasteiger partial charge in [-0.25, -0.2) is 10.0 Å². The molecule has 0 saturated carbocycles. The van der Waals surface area contributed by atoms with Crippen molar-refractivity contribution in [3.8, 4) is 0 Å². The summed E-state index contributed by atoms with van der Waals surface area (Å²) in [6.45, 7) is 11.5. The molecule has 1 aromatic carbocycles. The third-order valence-corrected chi connectivity index (χ3v) is 7.26. The number of carbonyl (C=O) groups excluding carboxylic acids is 1. The molecule has 31 heavy (non-hydrogen) atoms. The van der Waals surface area contributed by atoms with E-state index in [1.54, 1.807) is 0 Å². The number of hydrogen-bond donors (Lipinski definition) is 0. The Morgan fingerprint density at radius 2 is 1.52 bits per heavy atom. The Hall–Kier alpha value is -1.47. The van der Waals surface area contributed by atoms with Crippen LogP contribution in [-0.2, 0) is 16.0 Å². The van der Waals surface area contributed by atoms with E-state index in [1.807, 2.05) is 11.8 Å². The fourth-order valence-electron chi connectivity index (χ4n) is 5.33. The third-order valence-electron chi connectivity index (χ3n) is 7.26. The lowest BCUT2D eigenvalue weighted by atomic mass is 9.91. The van der Waals surface area contributed by atoms with Crippen LogP contribution in [-0.4, -0.2) is 97.3 Å². The molecule has 3 aliphatic rings. The maximum Gasteiger partial charge on any atom is 0.236 e. The summed E-state index contributed by atoms with van der Waals surface area (Å²) in [5.41, 5.74) is 1.47. The van der Waals surface area contributed by atoms with Gasteiger partial charge < -0.3 is 9.64 Å². The minimum atomic E-state index is 0.296. The number of ether oxygens (including phenoxy) is 1. The summed E-state index contributed by atoms with van der Waals surface area (Å²) in [7, 11) is 0. The van der Waals surface area contributed by atoms with Crippen molar-refractivity contribution < 1.29 is 9.53 Å². The first-order valence-corrected chi connectivity index (χ1v) is 12.4. The van der Waals surface area contributed by atoms with Crippen LogP contribution in [0.3, 0.4) is 0 Å². The van der Waals surface area contributed by atoms with Gasteiger partial charge in [0, 0.05) is 59.0 Å². The van der Waals surface area contributed by atoms with Crippen molar-refractivity contribution in [3.63, 3.8) is 0 Å². The summed E-state index contributed by atoms with van der Waals surface area (Å²) in [5, 5.41) is 5.10. The van der Waals surface area contributed by atoms with Crippen molar-refractivity contribution in [2.75, 3.05) is 65.5 Å². The second-order valence-corrected chi connectivity index (χ2v) is 9.35. The Bertz CT molecular complexity index is 661. The summed E-state index contributed by atoms with van der Waals surface area (Å²) >= 11 is 0. The Morgan fingerprint density at radius 1 is 0.871 bits per heavy atom. The molecule has 172 valence electrons. The van der Waals surface area contributed by atoms with Crippen LogP contribution in [0.5, 0.6) is 0 Å². The maximum atomic E-state index is 12.7. The number of amides is 1. The molecule has 6 heteroatoms. The molecule has 0 aromatic heterocycles. The van der Waals surface area contributed by atoms with E-state index in [0.717, 1.165) is 64.6 Å². The van der Waals surface area contributed by atoms with Crippen molar-refractivity contribution in [3.05, 3.63) is 35.9 Å². The van der Waals surface area contributed by atoms with Gasteiger partial charge in [-0.1, -0.05) is 30.3 Å². The molecular weight excluding hydrogens is 388 g/mol. The molecule has 0 radical (unpaired) electrons. The number of hydrazine groups is 1. The second-order valence-electron chi connectivity index (χ2n) is 9.35. The summed E-state index contributed by atoms with van der Waals surface area (Å²) in [4.78, 5) is 17.1. The number of benzene rings is 1. The third kappa shape index (κ3) is 6.51. The molecule has 0 unspecified atom stereocenters. The van der Waals surface area contributed by atoms with E-state index in [9.17, 15) is 4.79 Å². The van der Waals surface area contributed by atoms with Crippen LogP contribution in [0.25, 0.3) is 0 Å². The van der Waals surface area contributed by atoms with Crippen LogP contribution in [0.15, 0.2) is 30.3 Å². The Kier molecular flexibility index (Phi) is 8.36. The number of carbonyl (C=O) groups is 1. The van der Waals surface area contributed by atoms with E-state index in [0.29, 0.717) is 18.6 Å². The first-order chi connectivity index (χ1) is 15.2. The highest BCUT2D eigenvalue weighted by molar-refractivity contribution is 5.78. The molecule has 3 heterocycles. The average Bonchev–Trinajstić information content (AvgIpc) is 2.81. The average molecular weight is 429 g/mol. The van der Waals surface area contributed by atoms with Crippen LogP contribution in [0.4, 0.5) is 0 Å². The van der Waals surface area contributed by atoms with Gasteiger partial charge in [-0.3, -0.25) is 9.69 Å². The van der Waals surface area contributed by atoms with Gasteiger partial charge in [0.25, 0.3) is 0 Å². The standard InChI is InChI=1S/C25H40N4O2/c1-2-31-24-10-12-27(13-11-24)25(30)21-26-16-18-29(19-17-26)28-14-8-23(9-15-28)20-22-6-4-3-5-7-22/h3-7,23-24H,2,8-21H2,1H3. The fourth-order valence-corrected chi connectivity index (χ4v) is 5.33. The van der Waals surface area contributed by atoms with Crippen LogP contribution in [0, 0.1) is 5.92 Å². The lowest BCUT2D eigenvalue weighted by Crippen LogP contribution is -2.57. The first kappa shape index (κ1) is 22.7. The van der Waals surface area contributed by atoms with E-state index >= 15 is 0 Å². The summed E-state index contributed by atoms with van der Waals surface area (Å²) in [6, 6.07) is 10.9. The van der Waals surface area contributed by atoms with Crippen molar-refractivity contribution in [2.45, 2.75) is 45.1 Å². The molecule has 0 spiro atoms. The molecule has 1 aromatic rings. The molecule has 1 amide bonds. The van der Waals surface area contributed by atoms with Crippen LogP contribution >= 0.6 is 0 Å². The molecule has 0 atom stereocenters. The van der Waals surface area contributed by atoms with E-state index in [4.69, 9.17) is 4.74 Å². The Morgan fingerprint density at radius 3 is 2.16 bits per heavy atom. The van der Waals surface area contributed by atoms with Gasteiger partial charge in [0.1, 0.15) is 0 Å². The molecule has 0 aliphatic carbocycles. The zero-order valence-electron chi connectivity index (χ0n) is 19.3. The molecule has 3 saturated heterocycles. The number of piperidine rings is 2. The normalized spacial score (nSPS) is 23.3. The molecule has 4 rings (SSSR count). The summed E-state index contributed by atoms with van der Waals surface area (Å²) in [6.07, 6.45) is 6.08. The maximum absolute atomic E-state index is 12.7. The minimum absolute atomic E-state index is 0.296. The number of hydrogen-bond acceptors (Lipinski definition) is 5. The van der Waals surface area contributed by atoms with Crippen LogP contribution in [0.1, 0.15) is 38.2 Å². The van der Waals surface area contributed by atoms with E-state index in [2.05, 4.69) is 45.2 Å². The van der Waals surface area contributed by atoms with E-state index in [-0.39, 0.29) is 0 Å². The highest BCUT2D eigenvalue weighted by Crippen LogP contribution is 2.23. The van der Waals surface area contributed by atoms with Crippen molar-refractivity contribution in [1.29, 1.82) is 0 Å². The van der Waals surface area contributed by atoms with Gasteiger partial charge in [-0.15, -0.1) is 0 Å². The zero-order valence-corrected chi connectivity index (χ0v) is 19.3. The largest absolute Gasteiger partial charge is 0.378 e. The van der Waals surface area contributed by atoms with Crippen LogP contribution < -0.4 is 0 Å². The number of rotatable bonds is 7. The van der Waals surface area contributed by atoms with E-state index < -0.39 is 0 Å². The highest BCUT2D eigenvalue weighted by atomic mass is 16.5. The molecule has 3 fully saturated rings. The van der Waals surface area contributed by atoms with Gasteiger partial charge in [0.2, 0.25) is 5.91 Å². The van der Waals surface area contributed by atoms with Crippen molar-refractivity contribution in [2.24, 2.45) is 5.92 Å². The van der Waals surface area contributed by atoms with Crippen molar-refractivity contribution >= 4 is 5.91 Å². The lowest BCUT2D eigenvalue weighted by Gasteiger charge is -2.44. The molecule has 0 N–H and O–H groups in total. The Balaban J connectivity index is 1.13. The predicted octanol–water partition coefficient (Wildman–Crippen LogP) is 2.50. The Labute approximate surface area is 188 Å². The summed E-state index contributed by atoms with van der Waals surface area (Å²) in [5.74, 6) is 1.11. The topological polar surface area (TPSA) is 39.3 Å². The van der Waals surface area contributed by atoms with E-state index in [1.165, 1.54) is 37.9 Å². The highest BCUT2D eigenvalue weighted by Gasteiger charge is 2.29. The van der Waals surface area contributed by atoms with Crippen molar-refractivity contribution in [1.82, 2.24) is 19.8 Å². The van der Waals surface area contributed by atoms with Gasteiger partial charge in [-0.2, -0.15) is 0 Å². The second kappa shape index (κ2) is 11.4.